The number of fused-ring (bicyclic) bond motifs is 1. The van der Waals surface area contributed by atoms with Crippen molar-refractivity contribution < 1.29 is 14.3 Å². The third kappa shape index (κ3) is 4.66. The second kappa shape index (κ2) is 9.80. The third-order valence-corrected chi connectivity index (χ3v) is 6.27. The summed E-state index contributed by atoms with van der Waals surface area (Å²) in [7, 11) is 3.10. The van der Waals surface area contributed by atoms with Gasteiger partial charge < -0.3 is 9.47 Å². The van der Waals surface area contributed by atoms with E-state index < -0.39 is 5.91 Å². The Morgan fingerprint density at radius 1 is 0.917 bits per heavy atom. The molecule has 0 bridgehead atoms. The second-order valence-corrected chi connectivity index (χ2v) is 8.88. The first kappa shape index (κ1) is 23.5. The van der Waals surface area contributed by atoms with E-state index in [9.17, 15) is 4.79 Å². The largest absolute Gasteiger partial charge is 0.495 e. The van der Waals surface area contributed by atoms with Gasteiger partial charge in [-0.05, 0) is 31.2 Å². The number of carbonyl (C=O) groups is 1. The Bertz CT molecular complexity index is 1590. The predicted octanol–water partition coefficient (Wildman–Crippen LogP) is 4.84. The fraction of sp³-hybridized carbons (Fsp3) is 0.125. The standard InChI is InChI=1S/C24H18ClN7O3S/c1-12-6-14(15-7-20(25)28-11-19(15)35-3)16(9-26-12)22(33)32-24-31-21-23(36-24)30-18(10-29-21)17-5-4-13(34-2)8-27-17/h4-11H,1-3H3,(H,29,31,32,33). The van der Waals surface area contributed by atoms with Crippen LogP contribution in [-0.2, 0) is 0 Å². The first-order chi connectivity index (χ1) is 17.4. The van der Waals surface area contributed by atoms with Crippen LogP contribution in [0.1, 0.15) is 16.1 Å². The van der Waals surface area contributed by atoms with Gasteiger partial charge in [0.2, 0.25) is 0 Å². The first-order valence-electron chi connectivity index (χ1n) is 10.6. The summed E-state index contributed by atoms with van der Waals surface area (Å²) in [5, 5.41) is 3.45. The Morgan fingerprint density at radius 2 is 1.78 bits per heavy atom. The normalized spacial score (nSPS) is 10.9. The molecule has 0 aliphatic rings. The summed E-state index contributed by atoms with van der Waals surface area (Å²) in [5.74, 6) is 0.725. The maximum absolute atomic E-state index is 13.3. The molecule has 0 aliphatic heterocycles. The highest BCUT2D eigenvalue weighted by Crippen LogP contribution is 2.34. The van der Waals surface area contributed by atoms with Gasteiger partial charge in [0, 0.05) is 23.0 Å². The number of pyridine rings is 3. The van der Waals surface area contributed by atoms with Gasteiger partial charge in [-0.2, -0.15) is 4.98 Å². The number of anilines is 1. The summed E-state index contributed by atoms with van der Waals surface area (Å²) < 4.78 is 10.6. The molecular weight excluding hydrogens is 502 g/mol. The fourth-order valence-electron chi connectivity index (χ4n) is 3.47. The second-order valence-electron chi connectivity index (χ2n) is 7.52. The van der Waals surface area contributed by atoms with Crippen LogP contribution in [0.4, 0.5) is 5.13 Å². The van der Waals surface area contributed by atoms with Gasteiger partial charge in [0.1, 0.15) is 22.3 Å². The molecule has 0 fully saturated rings. The van der Waals surface area contributed by atoms with Gasteiger partial charge >= 0.3 is 0 Å². The van der Waals surface area contributed by atoms with E-state index in [1.165, 1.54) is 30.8 Å². The zero-order valence-electron chi connectivity index (χ0n) is 19.3. The van der Waals surface area contributed by atoms with Crippen molar-refractivity contribution >= 4 is 44.5 Å². The lowest BCUT2D eigenvalue weighted by Crippen LogP contribution is -2.14. The minimum Gasteiger partial charge on any atom is -0.495 e. The van der Waals surface area contributed by atoms with Crippen LogP contribution in [0.15, 0.2) is 49.1 Å². The number of thiazole rings is 1. The summed E-state index contributed by atoms with van der Waals surface area (Å²) in [6.07, 6.45) is 6.21. The molecular formula is C24H18ClN7O3S. The molecule has 5 aromatic rings. The Labute approximate surface area is 214 Å². The number of ether oxygens (including phenoxy) is 2. The molecule has 0 radical (unpaired) electrons. The van der Waals surface area contributed by atoms with Crippen molar-refractivity contribution in [1.82, 2.24) is 29.9 Å². The van der Waals surface area contributed by atoms with E-state index in [4.69, 9.17) is 21.1 Å². The van der Waals surface area contributed by atoms with Gasteiger partial charge in [-0.1, -0.05) is 22.9 Å². The monoisotopic (exact) mass is 519 g/mol. The molecule has 5 rings (SSSR count). The molecule has 5 heterocycles. The topological polar surface area (TPSA) is 125 Å². The molecule has 0 atom stereocenters. The molecule has 180 valence electrons. The fourth-order valence-corrected chi connectivity index (χ4v) is 4.42. The van der Waals surface area contributed by atoms with Crippen LogP contribution < -0.4 is 14.8 Å². The number of rotatable bonds is 6. The highest BCUT2D eigenvalue weighted by molar-refractivity contribution is 7.21. The van der Waals surface area contributed by atoms with Crippen molar-refractivity contribution in [3.63, 3.8) is 0 Å². The van der Waals surface area contributed by atoms with Crippen LogP contribution in [0.5, 0.6) is 11.5 Å². The van der Waals surface area contributed by atoms with E-state index >= 15 is 0 Å². The Balaban J connectivity index is 1.46. The number of nitrogens with one attached hydrogen (secondary N) is 1. The predicted molar refractivity (Wildman–Crippen MR) is 137 cm³/mol. The van der Waals surface area contributed by atoms with E-state index in [0.29, 0.717) is 55.2 Å². The SMILES string of the molecule is COc1ccc(-c2cnc3nc(NC(=O)c4cnc(C)cc4-c4cc(Cl)ncc4OC)sc3n2)nc1. The van der Waals surface area contributed by atoms with E-state index in [1.54, 1.807) is 43.8 Å². The van der Waals surface area contributed by atoms with Gasteiger partial charge in [0.25, 0.3) is 5.91 Å². The summed E-state index contributed by atoms with van der Waals surface area (Å²) in [6.45, 7) is 1.83. The minimum atomic E-state index is -0.399. The highest BCUT2D eigenvalue weighted by atomic mass is 35.5. The molecule has 0 spiro atoms. The zero-order chi connectivity index (χ0) is 25.2. The number of nitrogens with zero attached hydrogens (tertiary/aromatic N) is 6. The maximum atomic E-state index is 13.3. The lowest BCUT2D eigenvalue weighted by molar-refractivity contribution is 0.102. The minimum absolute atomic E-state index is 0.275. The summed E-state index contributed by atoms with van der Waals surface area (Å²) in [6, 6.07) is 7.03. The van der Waals surface area contributed by atoms with E-state index in [1.807, 2.05) is 6.92 Å². The molecule has 1 N–H and O–H groups in total. The van der Waals surface area contributed by atoms with Crippen LogP contribution in [0.3, 0.4) is 0 Å². The Hall–Kier alpha value is -4.22. The van der Waals surface area contributed by atoms with Crippen molar-refractivity contribution in [2.75, 3.05) is 19.5 Å². The van der Waals surface area contributed by atoms with Gasteiger partial charge in [0.15, 0.2) is 15.6 Å². The quantitative estimate of drug-likeness (QED) is 0.314. The molecule has 0 saturated heterocycles. The van der Waals surface area contributed by atoms with Gasteiger partial charge in [0.05, 0.1) is 44.1 Å². The average Bonchev–Trinajstić information content (AvgIpc) is 3.30. The molecule has 0 aliphatic carbocycles. The van der Waals surface area contributed by atoms with Crippen molar-refractivity contribution in [1.29, 1.82) is 0 Å². The number of methoxy groups -OCH3 is 2. The highest BCUT2D eigenvalue weighted by Gasteiger charge is 2.20. The zero-order valence-corrected chi connectivity index (χ0v) is 20.9. The number of aryl methyl sites for hydroxylation is 1. The average molecular weight is 520 g/mol. The Morgan fingerprint density at radius 3 is 2.53 bits per heavy atom. The number of hydrogen-bond acceptors (Lipinski definition) is 10. The maximum Gasteiger partial charge on any atom is 0.259 e. The van der Waals surface area contributed by atoms with Gasteiger partial charge in [-0.3, -0.25) is 20.1 Å². The molecule has 0 unspecified atom stereocenters. The molecule has 10 nitrogen and oxygen atoms in total. The lowest BCUT2D eigenvalue weighted by atomic mass is 10.0. The Kier molecular flexibility index (Phi) is 6.40. The molecule has 0 aromatic carbocycles. The van der Waals surface area contributed by atoms with Crippen molar-refractivity contribution in [3.05, 3.63) is 65.5 Å². The summed E-state index contributed by atoms with van der Waals surface area (Å²) >= 11 is 7.33. The molecule has 5 aromatic heterocycles. The van der Waals surface area contributed by atoms with E-state index in [-0.39, 0.29) is 5.15 Å². The number of aromatic nitrogens is 6. The van der Waals surface area contributed by atoms with Crippen LogP contribution in [0.25, 0.3) is 33.0 Å². The number of carbonyl (C=O) groups excluding carboxylic acids is 1. The summed E-state index contributed by atoms with van der Waals surface area (Å²) in [5.41, 5.74) is 3.91. The van der Waals surface area contributed by atoms with Gasteiger partial charge in [-0.25, -0.2) is 15.0 Å². The number of halogens is 1. The number of amides is 1. The lowest BCUT2D eigenvalue weighted by Gasteiger charge is -2.13. The van der Waals surface area contributed by atoms with Crippen molar-refractivity contribution in [3.8, 4) is 34.0 Å². The van der Waals surface area contributed by atoms with Crippen LogP contribution >= 0.6 is 22.9 Å². The molecule has 0 saturated carbocycles. The summed E-state index contributed by atoms with van der Waals surface area (Å²) in [4.78, 5) is 39.9. The third-order valence-electron chi connectivity index (χ3n) is 5.21. The first-order valence-corrected chi connectivity index (χ1v) is 11.8. The van der Waals surface area contributed by atoms with Crippen molar-refractivity contribution in [2.24, 2.45) is 0 Å². The van der Waals surface area contributed by atoms with Crippen molar-refractivity contribution in [2.45, 2.75) is 6.92 Å². The smallest absolute Gasteiger partial charge is 0.259 e. The van der Waals surface area contributed by atoms with E-state index in [2.05, 4.69) is 35.2 Å². The van der Waals surface area contributed by atoms with Gasteiger partial charge in [-0.15, -0.1) is 0 Å². The molecule has 12 heteroatoms. The van der Waals surface area contributed by atoms with Crippen LogP contribution in [-0.4, -0.2) is 50.0 Å². The molecule has 1 amide bonds. The van der Waals surface area contributed by atoms with Crippen LogP contribution in [0.2, 0.25) is 5.15 Å². The van der Waals surface area contributed by atoms with E-state index in [0.717, 1.165) is 5.69 Å². The number of hydrogen-bond donors (Lipinski definition) is 1. The van der Waals surface area contributed by atoms with Crippen LogP contribution in [0, 0.1) is 6.92 Å². The molecule has 36 heavy (non-hydrogen) atoms.